The first-order chi connectivity index (χ1) is 23.1. The van der Waals surface area contributed by atoms with Crippen molar-refractivity contribution in [3.63, 3.8) is 0 Å². The first-order valence-corrected chi connectivity index (χ1v) is 21.3. The minimum Gasteiger partial charge on any atom is -0.379 e. The van der Waals surface area contributed by atoms with E-state index < -0.39 is 0 Å². The van der Waals surface area contributed by atoms with E-state index in [2.05, 4.69) is 108 Å². The lowest BCUT2D eigenvalue weighted by Crippen LogP contribution is -2.39. The minimum absolute atomic E-state index is 0.605. The zero-order valence-corrected chi connectivity index (χ0v) is 35.7. The van der Waals surface area contributed by atoms with E-state index in [0.29, 0.717) is 5.41 Å². The molecule has 5 rings (SSSR count). The van der Waals surface area contributed by atoms with Crippen molar-refractivity contribution in [2.45, 2.75) is 134 Å². The average Bonchev–Trinajstić information content (AvgIpc) is 3.50. The van der Waals surface area contributed by atoms with Gasteiger partial charge in [-0.3, -0.25) is 4.90 Å². The van der Waals surface area contributed by atoms with Crippen molar-refractivity contribution in [1.82, 2.24) is 24.5 Å². The summed E-state index contributed by atoms with van der Waals surface area (Å²) >= 11 is 0. The van der Waals surface area contributed by atoms with Crippen LogP contribution in [0.5, 0.6) is 0 Å². The molecule has 49 heavy (non-hydrogen) atoms. The van der Waals surface area contributed by atoms with E-state index in [4.69, 9.17) is 4.74 Å². The van der Waals surface area contributed by atoms with E-state index in [9.17, 15) is 0 Å². The lowest BCUT2D eigenvalue weighted by atomic mass is 9.82. The zero-order chi connectivity index (χ0) is 36.7. The SMILES string of the molecule is CC(C)CN1CCC(C)(C)CC1.CC(C)CN1CCC1.CC(C)CN1CCCC1.CC(C)CN1CCCCC1.CC(C)CN1CCOCC1. The molecule has 0 spiro atoms. The molecule has 294 valence electrons. The third-order valence-corrected chi connectivity index (χ3v) is 10.0. The lowest BCUT2D eigenvalue weighted by molar-refractivity contribution is 0.0329. The van der Waals surface area contributed by atoms with Crippen molar-refractivity contribution >= 4 is 0 Å². The van der Waals surface area contributed by atoms with Gasteiger partial charge in [0, 0.05) is 45.8 Å². The molecule has 0 atom stereocenters. The number of hydrogen-bond donors (Lipinski definition) is 0. The van der Waals surface area contributed by atoms with Crippen molar-refractivity contribution in [3.8, 4) is 0 Å². The first-order valence-electron chi connectivity index (χ1n) is 21.3. The monoisotopic (exact) mass is 694 g/mol. The van der Waals surface area contributed by atoms with E-state index in [1.165, 1.54) is 136 Å². The molecule has 5 fully saturated rings. The highest BCUT2D eigenvalue weighted by Crippen LogP contribution is 2.29. The van der Waals surface area contributed by atoms with Crippen LogP contribution in [0.4, 0.5) is 0 Å². The molecule has 0 saturated carbocycles. The Labute approximate surface area is 309 Å². The van der Waals surface area contributed by atoms with Crippen LogP contribution in [0.1, 0.15) is 134 Å². The van der Waals surface area contributed by atoms with Crippen molar-refractivity contribution in [3.05, 3.63) is 0 Å². The van der Waals surface area contributed by atoms with Crippen LogP contribution in [0, 0.1) is 35.0 Å². The maximum atomic E-state index is 5.24. The van der Waals surface area contributed by atoms with Gasteiger partial charge < -0.3 is 24.3 Å². The van der Waals surface area contributed by atoms with Gasteiger partial charge in [-0.25, -0.2) is 0 Å². The second kappa shape index (κ2) is 27.4. The number of hydrogen-bond acceptors (Lipinski definition) is 6. The molecule has 0 aromatic rings. The Balaban J connectivity index is 0.000000308. The summed E-state index contributed by atoms with van der Waals surface area (Å²) in [5, 5.41) is 0. The third-order valence-electron chi connectivity index (χ3n) is 10.0. The Bertz CT molecular complexity index is 699. The molecule has 5 heterocycles. The summed E-state index contributed by atoms with van der Waals surface area (Å²) in [7, 11) is 0. The van der Waals surface area contributed by atoms with E-state index >= 15 is 0 Å². The summed E-state index contributed by atoms with van der Waals surface area (Å²) in [6.07, 6.45) is 11.3. The van der Waals surface area contributed by atoms with Crippen molar-refractivity contribution in [2.75, 3.05) is 111 Å². The van der Waals surface area contributed by atoms with Crippen LogP contribution < -0.4 is 0 Å². The highest BCUT2D eigenvalue weighted by molar-refractivity contribution is 4.78. The number of ether oxygens (including phenoxy) is 1. The molecule has 0 bridgehead atoms. The normalized spacial score (nSPS) is 22.5. The highest BCUT2D eigenvalue weighted by atomic mass is 16.5. The Kier molecular flexibility index (Phi) is 26.1. The number of rotatable bonds is 10. The molecular weight excluding hydrogens is 603 g/mol. The minimum atomic E-state index is 0.605. The number of piperidine rings is 2. The Morgan fingerprint density at radius 1 is 0.367 bits per heavy atom. The van der Waals surface area contributed by atoms with Gasteiger partial charge in [-0.1, -0.05) is 89.5 Å². The van der Waals surface area contributed by atoms with Gasteiger partial charge in [-0.15, -0.1) is 0 Å². The topological polar surface area (TPSA) is 25.4 Å². The maximum absolute atomic E-state index is 5.24. The molecular formula is C43H91N5O. The summed E-state index contributed by atoms with van der Waals surface area (Å²) in [4.78, 5) is 12.7. The quantitative estimate of drug-likeness (QED) is 0.227. The van der Waals surface area contributed by atoms with E-state index in [1.807, 2.05) is 0 Å². The molecule has 6 heteroatoms. The second-order valence-electron chi connectivity index (χ2n) is 18.9. The fourth-order valence-corrected chi connectivity index (χ4v) is 7.38. The third kappa shape index (κ3) is 27.1. The van der Waals surface area contributed by atoms with Crippen molar-refractivity contribution in [1.29, 1.82) is 0 Å². The molecule has 5 aliphatic rings. The molecule has 0 aromatic heterocycles. The van der Waals surface area contributed by atoms with Gasteiger partial charge in [-0.2, -0.15) is 0 Å². The summed E-state index contributed by atoms with van der Waals surface area (Å²) in [5.41, 5.74) is 0.605. The highest BCUT2D eigenvalue weighted by Gasteiger charge is 2.25. The summed E-state index contributed by atoms with van der Waals surface area (Å²) in [5.74, 6) is 4.17. The molecule has 0 radical (unpaired) electrons. The van der Waals surface area contributed by atoms with Crippen molar-refractivity contribution in [2.24, 2.45) is 35.0 Å². The zero-order valence-electron chi connectivity index (χ0n) is 35.7. The van der Waals surface area contributed by atoms with Crippen LogP contribution in [-0.2, 0) is 4.74 Å². The summed E-state index contributed by atoms with van der Waals surface area (Å²) < 4.78 is 5.24. The van der Waals surface area contributed by atoms with Gasteiger partial charge in [0.15, 0.2) is 0 Å². The number of likely N-dealkylation sites (tertiary alicyclic amines) is 4. The molecule has 0 aromatic carbocycles. The summed E-state index contributed by atoms with van der Waals surface area (Å²) in [6, 6.07) is 0. The van der Waals surface area contributed by atoms with Crippen LogP contribution in [0.3, 0.4) is 0 Å². The van der Waals surface area contributed by atoms with Crippen LogP contribution in [-0.4, -0.2) is 136 Å². The van der Waals surface area contributed by atoms with Gasteiger partial charge in [0.1, 0.15) is 0 Å². The second-order valence-corrected chi connectivity index (χ2v) is 18.9. The van der Waals surface area contributed by atoms with Gasteiger partial charge in [0.2, 0.25) is 0 Å². The smallest absolute Gasteiger partial charge is 0.0594 e. The van der Waals surface area contributed by atoms with Gasteiger partial charge in [0.25, 0.3) is 0 Å². The van der Waals surface area contributed by atoms with Crippen LogP contribution >= 0.6 is 0 Å². The molecule has 6 nitrogen and oxygen atoms in total. The average molecular weight is 694 g/mol. The number of morpholine rings is 1. The Hall–Kier alpha value is -0.240. The predicted molar refractivity (Wildman–Crippen MR) is 218 cm³/mol. The fraction of sp³-hybridized carbons (Fsp3) is 1.00. The standard InChI is InChI=1S/C11H23N.C9H19N.C8H17NO.C8H17N.C7H15N/c1-10(2)9-12-7-5-11(3,4)6-8-12;1-9(2)8-10-6-4-3-5-7-10;1-8(2)7-9-3-5-10-6-4-9;1-8(2)7-9-5-3-4-6-9;1-7(2)6-8-4-3-5-8/h10H,5-9H2,1-4H3;9H,3-8H2,1-2H3;8H,3-7H2,1-2H3;8H,3-7H2,1-2H3;7H,3-6H2,1-2H3. The van der Waals surface area contributed by atoms with Crippen molar-refractivity contribution < 1.29 is 4.74 Å². The molecule has 5 aliphatic heterocycles. The van der Waals surface area contributed by atoms with Gasteiger partial charge >= 0.3 is 0 Å². The Morgan fingerprint density at radius 3 is 0.918 bits per heavy atom. The fourth-order valence-electron chi connectivity index (χ4n) is 7.38. The number of nitrogens with zero attached hydrogens (tertiary/aromatic N) is 5. The Morgan fingerprint density at radius 2 is 0.633 bits per heavy atom. The van der Waals surface area contributed by atoms with Gasteiger partial charge in [0.05, 0.1) is 13.2 Å². The molecule has 0 N–H and O–H groups in total. The summed E-state index contributed by atoms with van der Waals surface area (Å²) in [6.45, 7) is 48.9. The van der Waals surface area contributed by atoms with E-state index in [0.717, 1.165) is 55.9 Å². The first kappa shape index (κ1) is 46.8. The van der Waals surface area contributed by atoms with E-state index in [1.54, 1.807) is 0 Å². The van der Waals surface area contributed by atoms with Crippen LogP contribution in [0.25, 0.3) is 0 Å². The molecule has 0 unspecified atom stereocenters. The van der Waals surface area contributed by atoms with Gasteiger partial charge in [-0.05, 0) is 132 Å². The van der Waals surface area contributed by atoms with E-state index in [-0.39, 0.29) is 0 Å². The predicted octanol–water partition coefficient (Wildman–Crippen LogP) is 8.95. The maximum Gasteiger partial charge on any atom is 0.0594 e. The van der Waals surface area contributed by atoms with Crippen LogP contribution in [0.15, 0.2) is 0 Å². The molecule has 0 amide bonds. The lowest BCUT2D eigenvalue weighted by Gasteiger charge is -2.37. The largest absolute Gasteiger partial charge is 0.379 e. The molecule has 5 saturated heterocycles. The molecule has 0 aliphatic carbocycles. The van der Waals surface area contributed by atoms with Crippen LogP contribution in [0.2, 0.25) is 0 Å².